The molecule has 1 aromatic heterocycles. The minimum atomic E-state index is -0.214. The van der Waals surface area contributed by atoms with Crippen molar-refractivity contribution in [1.82, 2.24) is 9.97 Å². The number of H-pyrrole nitrogens is 2. The number of hydrogen-bond donors (Lipinski definition) is 2. The van der Waals surface area contributed by atoms with Crippen molar-refractivity contribution in [2.45, 2.75) is 4.83 Å². The Balaban J connectivity index is 2.06. The molecule has 0 saturated carbocycles. The summed E-state index contributed by atoms with van der Waals surface area (Å²) in [6, 6.07) is 11.1. The van der Waals surface area contributed by atoms with Crippen LogP contribution in [0.3, 0.4) is 0 Å². The summed E-state index contributed by atoms with van der Waals surface area (Å²) in [5.41, 5.74) is 3.30. The Labute approximate surface area is 133 Å². The van der Waals surface area contributed by atoms with Crippen LogP contribution in [-0.4, -0.2) is 9.97 Å². The fraction of sp³-hybridized carbons (Fsp3) is 0.0714. The Morgan fingerprint density at radius 1 is 0.900 bits per heavy atom. The molecule has 0 saturated heterocycles. The van der Waals surface area contributed by atoms with Crippen molar-refractivity contribution in [2.75, 3.05) is 0 Å². The van der Waals surface area contributed by atoms with Crippen LogP contribution in [0.25, 0.3) is 11.0 Å². The summed E-state index contributed by atoms with van der Waals surface area (Å²) in [7, 11) is 0. The highest BCUT2D eigenvalue weighted by Crippen LogP contribution is 2.34. The van der Waals surface area contributed by atoms with E-state index in [-0.39, 0.29) is 10.5 Å². The number of imidazole rings is 1. The largest absolute Gasteiger partial charge is 0.323 e. The first-order valence-electron chi connectivity index (χ1n) is 5.85. The lowest BCUT2D eigenvalue weighted by Crippen LogP contribution is -1.99. The van der Waals surface area contributed by atoms with Crippen molar-refractivity contribution in [3.63, 3.8) is 0 Å². The van der Waals surface area contributed by atoms with Crippen molar-refractivity contribution in [3.05, 3.63) is 68.1 Å². The molecule has 0 spiro atoms. The van der Waals surface area contributed by atoms with Crippen LogP contribution in [0.15, 0.2) is 41.2 Å². The summed E-state index contributed by atoms with van der Waals surface area (Å²) in [4.78, 5) is 16.7. The molecule has 3 nitrogen and oxygen atoms in total. The minimum Gasteiger partial charge on any atom is -0.306 e. The van der Waals surface area contributed by atoms with E-state index in [9.17, 15) is 4.79 Å². The van der Waals surface area contributed by atoms with Gasteiger partial charge in [-0.25, -0.2) is 4.79 Å². The number of halogens is 3. The van der Waals surface area contributed by atoms with Crippen molar-refractivity contribution < 1.29 is 0 Å². The highest BCUT2D eigenvalue weighted by Gasteiger charge is 2.13. The second-order valence-electron chi connectivity index (χ2n) is 4.45. The maximum Gasteiger partial charge on any atom is 0.323 e. The molecule has 3 aromatic rings. The molecule has 20 heavy (non-hydrogen) atoms. The first kappa shape index (κ1) is 13.7. The van der Waals surface area contributed by atoms with Gasteiger partial charge in [0.2, 0.25) is 0 Å². The Hall–Kier alpha value is -1.23. The van der Waals surface area contributed by atoms with E-state index < -0.39 is 0 Å². The summed E-state index contributed by atoms with van der Waals surface area (Å²) in [5, 5.41) is 1.18. The third kappa shape index (κ3) is 2.64. The lowest BCUT2D eigenvalue weighted by molar-refractivity contribution is 1.18. The number of fused-ring (bicyclic) bond motifs is 1. The predicted octanol–water partition coefficient (Wildman–Crippen LogP) is 4.65. The Bertz CT molecular complexity index is 820. The summed E-state index contributed by atoms with van der Waals surface area (Å²) < 4.78 is 0. The molecule has 1 atom stereocenters. The predicted molar refractivity (Wildman–Crippen MR) is 86.2 cm³/mol. The van der Waals surface area contributed by atoms with Gasteiger partial charge in [-0.05, 0) is 41.5 Å². The van der Waals surface area contributed by atoms with E-state index in [1.807, 2.05) is 30.3 Å². The van der Waals surface area contributed by atoms with Gasteiger partial charge < -0.3 is 9.97 Å². The Morgan fingerprint density at radius 2 is 1.55 bits per heavy atom. The van der Waals surface area contributed by atoms with E-state index in [2.05, 4.69) is 25.9 Å². The lowest BCUT2D eigenvalue weighted by atomic mass is 10.0. The number of aromatic nitrogens is 2. The van der Waals surface area contributed by atoms with Crippen LogP contribution in [0.2, 0.25) is 10.0 Å². The van der Waals surface area contributed by atoms with Gasteiger partial charge in [-0.2, -0.15) is 0 Å². The summed E-state index contributed by atoms with van der Waals surface area (Å²) >= 11 is 15.7. The van der Waals surface area contributed by atoms with E-state index in [0.717, 1.165) is 22.2 Å². The van der Waals surface area contributed by atoms with E-state index in [4.69, 9.17) is 23.2 Å². The standard InChI is InChI=1S/C14H9BrCl2N2O/c15-13(8-3-9(16)6-10(17)4-8)7-1-2-11-12(5-7)19-14(20)18-11/h1-6,13H,(H2,18,19,20). The van der Waals surface area contributed by atoms with Gasteiger partial charge in [0.25, 0.3) is 0 Å². The van der Waals surface area contributed by atoms with Crippen molar-refractivity contribution in [3.8, 4) is 0 Å². The first-order valence-corrected chi connectivity index (χ1v) is 7.52. The molecule has 2 aromatic carbocycles. The number of hydrogen-bond acceptors (Lipinski definition) is 1. The Kier molecular flexibility index (Phi) is 3.63. The zero-order valence-corrected chi connectivity index (χ0v) is 13.2. The zero-order chi connectivity index (χ0) is 14.3. The van der Waals surface area contributed by atoms with Crippen molar-refractivity contribution in [1.29, 1.82) is 0 Å². The average molecular weight is 372 g/mol. The van der Waals surface area contributed by atoms with E-state index in [0.29, 0.717) is 10.0 Å². The lowest BCUT2D eigenvalue weighted by Gasteiger charge is -2.12. The molecule has 0 radical (unpaired) electrons. The van der Waals surface area contributed by atoms with Crippen LogP contribution in [0.1, 0.15) is 16.0 Å². The molecule has 0 aliphatic rings. The van der Waals surface area contributed by atoms with Gasteiger partial charge in [0.15, 0.2) is 0 Å². The topological polar surface area (TPSA) is 48.6 Å². The third-order valence-corrected chi connectivity index (χ3v) is 4.50. The molecular formula is C14H9BrCl2N2O. The summed E-state index contributed by atoms with van der Waals surface area (Å²) in [6.45, 7) is 0. The van der Waals surface area contributed by atoms with Crippen LogP contribution < -0.4 is 5.69 Å². The normalized spacial score (nSPS) is 12.8. The number of aromatic amines is 2. The number of rotatable bonds is 2. The molecule has 102 valence electrons. The molecule has 0 aliphatic carbocycles. The Morgan fingerprint density at radius 3 is 2.25 bits per heavy atom. The molecule has 0 amide bonds. The SMILES string of the molecule is O=c1[nH]c2ccc(C(Br)c3cc(Cl)cc(Cl)c3)cc2[nH]1. The van der Waals surface area contributed by atoms with Crippen LogP contribution in [0.5, 0.6) is 0 Å². The molecule has 6 heteroatoms. The van der Waals surface area contributed by atoms with Crippen molar-refractivity contribution in [2.24, 2.45) is 0 Å². The fourth-order valence-corrected chi connectivity index (χ4v) is 3.21. The average Bonchev–Trinajstić information content (AvgIpc) is 2.75. The van der Waals surface area contributed by atoms with Gasteiger partial charge in [-0.15, -0.1) is 0 Å². The molecule has 0 aliphatic heterocycles. The van der Waals surface area contributed by atoms with Crippen LogP contribution in [0, 0.1) is 0 Å². The zero-order valence-electron chi connectivity index (χ0n) is 10.1. The molecule has 0 fully saturated rings. The molecule has 1 heterocycles. The van der Waals surface area contributed by atoms with Gasteiger partial charge in [-0.3, -0.25) is 0 Å². The number of alkyl halides is 1. The molecule has 3 rings (SSSR count). The second kappa shape index (κ2) is 5.28. The van der Waals surface area contributed by atoms with E-state index in [1.54, 1.807) is 6.07 Å². The maximum absolute atomic E-state index is 11.3. The van der Waals surface area contributed by atoms with Crippen molar-refractivity contribution >= 4 is 50.2 Å². The van der Waals surface area contributed by atoms with E-state index in [1.165, 1.54) is 0 Å². The monoisotopic (exact) mass is 370 g/mol. The van der Waals surface area contributed by atoms with E-state index >= 15 is 0 Å². The van der Waals surface area contributed by atoms with Gasteiger partial charge >= 0.3 is 5.69 Å². The molecule has 2 N–H and O–H groups in total. The van der Waals surface area contributed by atoms with Gasteiger partial charge in [0, 0.05) is 10.0 Å². The quantitative estimate of drug-likeness (QED) is 0.633. The van der Waals surface area contributed by atoms with Gasteiger partial charge in [0.1, 0.15) is 0 Å². The van der Waals surface area contributed by atoms with Crippen LogP contribution in [0.4, 0.5) is 0 Å². The summed E-state index contributed by atoms with van der Waals surface area (Å²) in [6.07, 6.45) is 0. The number of benzene rings is 2. The number of nitrogens with one attached hydrogen (secondary N) is 2. The molecule has 0 bridgehead atoms. The van der Waals surface area contributed by atoms with Crippen LogP contribution in [-0.2, 0) is 0 Å². The highest BCUT2D eigenvalue weighted by atomic mass is 79.9. The summed E-state index contributed by atoms with van der Waals surface area (Å²) in [5.74, 6) is 0. The van der Waals surface area contributed by atoms with Crippen LogP contribution >= 0.6 is 39.1 Å². The highest BCUT2D eigenvalue weighted by molar-refractivity contribution is 9.09. The molecular weight excluding hydrogens is 363 g/mol. The smallest absolute Gasteiger partial charge is 0.306 e. The second-order valence-corrected chi connectivity index (χ2v) is 6.24. The first-order chi connectivity index (χ1) is 9.52. The third-order valence-electron chi connectivity index (χ3n) is 3.01. The van der Waals surface area contributed by atoms with Gasteiger partial charge in [-0.1, -0.05) is 45.2 Å². The minimum absolute atomic E-state index is 0.0542. The fourth-order valence-electron chi connectivity index (χ4n) is 2.12. The maximum atomic E-state index is 11.3. The van der Waals surface area contributed by atoms with Gasteiger partial charge in [0.05, 0.1) is 15.9 Å². The molecule has 1 unspecified atom stereocenters.